The molecule has 0 radical (unpaired) electrons. The predicted octanol–water partition coefficient (Wildman–Crippen LogP) is 3.96. The molecule has 0 saturated heterocycles. The summed E-state index contributed by atoms with van der Waals surface area (Å²) in [7, 11) is 0. The summed E-state index contributed by atoms with van der Waals surface area (Å²) < 4.78 is 1.91. The van der Waals surface area contributed by atoms with Gasteiger partial charge in [-0.05, 0) is 19.1 Å². The molecule has 0 saturated carbocycles. The van der Waals surface area contributed by atoms with Crippen molar-refractivity contribution in [1.29, 1.82) is 5.26 Å². The molecule has 0 bridgehead atoms. The number of rotatable bonds is 2. The summed E-state index contributed by atoms with van der Waals surface area (Å²) >= 11 is 6.64. The summed E-state index contributed by atoms with van der Waals surface area (Å²) in [5.74, 6) is 0. The van der Waals surface area contributed by atoms with Crippen LogP contribution in [-0.2, 0) is 0 Å². The van der Waals surface area contributed by atoms with Gasteiger partial charge in [0.25, 0.3) is 0 Å². The zero-order valence-corrected chi connectivity index (χ0v) is 13.7. The van der Waals surface area contributed by atoms with Gasteiger partial charge in [0.15, 0.2) is 0 Å². The molecule has 0 spiro atoms. The molecule has 6 heteroatoms. The van der Waals surface area contributed by atoms with E-state index in [-0.39, 0.29) is 6.04 Å². The number of hydrogen-bond donors (Lipinski definition) is 1. The topological polar surface area (TPSA) is 70.3 Å². The molecule has 2 unspecified atom stereocenters. The number of nitriles is 1. The first-order valence-corrected chi connectivity index (χ1v) is 7.93. The number of nitrogens with one attached hydrogen (secondary N) is 1. The molecule has 4 rings (SSSR count). The molecule has 0 fully saturated rings. The lowest BCUT2D eigenvalue weighted by molar-refractivity contribution is 0.512. The first-order valence-electron chi connectivity index (χ1n) is 7.55. The van der Waals surface area contributed by atoms with E-state index in [1.54, 1.807) is 0 Å². The van der Waals surface area contributed by atoms with Crippen LogP contribution in [0.25, 0.3) is 22.3 Å². The highest BCUT2D eigenvalue weighted by molar-refractivity contribution is 6.25. The van der Waals surface area contributed by atoms with Crippen LogP contribution in [0.2, 0.25) is 0 Å². The summed E-state index contributed by atoms with van der Waals surface area (Å²) in [4.78, 5) is 11.1. The lowest BCUT2D eigenvalue weighted by Crippen LogP contribution is -2.29. The van der Waals surface area contributed by atoms with E-state index in [2.05, 4.69) is 21.0 Å². The van der Waals surface area contributed by atoms with Crippen LogP contribution in [0.15, 0.2) is 55.2 Å². The second-order valence-electron chi connectivity index (χ2n) is 5.94. The Morgan fingerprint density at radius 2 is 2.25 bits per heavy atom. The first-order chi connectivity index (χ1) is 11.6. The molecule has 0 aromatic carbocycles. The van der Waals surface area contributed by atoms with Crippen molar-refractivity contribution < 1.29 is 0 Å². The molecule has 1 aliphatic carbocycles. The number of fused-ring (bicyclic) bond motifs is 1. The van der Waals surface area contributed by atoms with E-state index in [1.165, 1.54) is 6.33 Å². The number of H-pyrrole nitrogens is 1. The van der Waals surface area contributed by atoms with Gasteiger partial charge >= 0.3 is 0 Å². The van der Waals surface area contributed by atoms with Crippen LogP contribution >= 0.6 is 11.6 Å². The molecule has 3 heterocycles. The lowest BCUT2D eigenvalue weighted by atomic mass is 9.96. The number of halogens is 1. The number of aromatic nitrogens is 4. The van der Waals surface area contributed by atoms with Gasteiger partial charge in [-0.3, -0.25) is 0 Å². The molecule has 2 atom stereocenters. The Kier molecular flexibility index (Phi) is 3.29. The SMILES string of the molecule is CC1(Cl)C=CC=CC1n1cc(-c2ncnc3[nH]ccc23)cc1C#N. The van der Waals surface area contributed by atoms with Gasteiger partial charge in [-0.25, -0.2) is 9.97 Å². The average Bonchev–Trinajstić information content (AvgIpc) is 3.20. The van der Waals surface area contributed by atoms with Crippen molar-refractivity contribution in [2.45, 2.75) is 17.8 Å². The van der Waals surface area contributed by atoms with Gasteiger partial charge in [0.1, 0.15) is 23.7 Å². The molecule has 0 aliphatic heterocycles. The molecule has 24 heavy (non-hydrogen) atoms. The largest absolute Gasteiger partial charge is 0.346 e. The van der Waals surface area contributed by atoms with Crippen molar-refractivity contribution in [2.24, 2.45) is 0 Å². The number of aromatic amines is 1. The standard InChI is InChI=1S/C18H14ClN5/c1-18(19)6-3-2-4-15(18)24-10-12(8-13(24)9-20)16-14-5-7-21-17(14)23-11-22-16/h2-8,10-11,15H,1H3,(H,21,22,23). The van der Waals surface area contributed by atoms with Crippen LogP contribution in [0.4, 0.5) is 0 Å². The van der Waals surface area contributed by atoms with Crippen LogP contribution in [0.1, 0.15) is 18.7 Å². The van der Waals surface area contributed by atoms with Crippen LogP contribution < -0.4 is 0 Å². The maximum absolute atomic E-state index is 9.56. The predicted molar refractivity (Wildman–Crippen MR) is 93.6 cm³/mol. The van der Waals surface area contributed by atoms with Gasteiger partial charge in [-0.2, -0.15) is 5.26 Å². The molecule has 5 nitrogen and oxygen atoms in total. The molecule has 3 aromatic rings. The van der Waals surface area contributed by atoms with Crippen LogP contribution in [0, 0.1) is 11.3 Å². The number of allylic oxidation sites excluding steroid dienone is 4. The third-order valence-electron chi connectivity index (χ3n) is 4.30. The summed E-state index contributed by atoms with van der Waals surface area (Å²) in [6.45, 7) is 1.94. The first kappa shape index (κ1) is 14.7. The number of nitrogens with zero attached hydrogens (tertiary/aromatic N) is 4. The van der Waals surface area contributed by atoms with E-state index in [9.17, 15) is 5.26 Å². The average molecular weight is 336 g/mol. The Bertz CT molecular complexity index is 1020. The van der Waals surface area contributed by atoms with E-state index in [1.807, 2.05) is 60.3 Å². The van der Waals surface area contributed by atoms with Gasteiger partial charge in [0, 0.05) is 23.3 Å². The fraction of sp³-hybridized carbons (Fsp3) is 0.167. The highest BCUT2D eigenvalue weighted by Crippen LogP contribution is 2.37. The van der Waals surface area contributed by atoms with Gasteiger partial charge in [0.2, 0.25) is 0 Å². The van der Waals surface area contributed by atoms with E-state index in [4.69, 9.17) is 11.6 Å². The van der Waals surface area contributed by atoms with E-state index in [0.717, 1.165) is 22.3 Å². The van der Waals surface area contributed by atoms with Crippen LogP contribution in [0.3, 0.4) is 0 Å². The minimum atomic E-state index is -0.592. The van der Waals surface area contributed by atoms with Crippen LogP contribution in [-0.4, -0.2) is 24.4 Å². The molecule has 1 aliphatic rings. The number of hydrogen-bond acceptors (Lipinski definition) is 3. The Hall–Kier alpha value is -2.84. The van der Waals surface area contributed by atoms with Crippen LogP contribution in [0.5, 0.6) is 0 Å². The Balaban J connectivity index is 1.88. The summed E-state index contributed by atoms with van der Waals surface area (Å²) in [5.41, 5.74) is 2.98. The highest BCUT2D eigenvalue weighted by atomic mass is 35.5. The Morgan fingerprint density at radius 3 is 3.04 bits per heavy atom. The fourth-order valence-corrected chi connectivity index (χ4v) is 3.35. The van der Waals surface area contributed by atoms with E-state index < -0.39 is 4.87 Å². The molecular weight excluding hydrogens is 322 g/mol. The third kappa shape index (κ3) is 2.24. The molecule has 0 amide bonds. The molecule has 118 valence electrons. The van der Waals surface area contributed by atoms with E-state index in [0.29, 0.717) is 5.69 Å². The second-order valence-corrected chi connectivity index (χ2v) is 6.75. The summed E-state index contributed by atoms with van der Waals surface area (Å²) in [6, 6.07) is 5.89. The third-order valence-corrected chi connectivity index (χ3v) is 4.64. The van der Waals surface area contributed by atoms with E-state index >= 15 is 0 Å². The quantitative estimate of drug-likeness (QED) is 0.720. The van der Waals surface area contributed by atoms with Crippen molar-refractivity contribution in [1.82, 2.24) is 19.5 Å². The van der Waals surface area contributed by atoms with Crippen molar-refractivity contribution >= 4 is 22.6 Å². The molecule has 3 aromatic heterocycles. The number of alkyl halides is 1. The highest BCUT2D eigenvalue weighted by Gasteiger charge is 2.32. The van der Waals surface area contributed by atoms with Crippen molar-refractivity contribution in [3.63, 3.8) is 0 Å². The van der Waals surface area contributed by atoms with Gasteiger partial charge < -0.3 is 9.55 Å². The zero-order valence-electron chi connectivity index (χ0n) is 12.9. The monoisotopic (exact) mass is 335 g/mol. The Morgan fingerprint density at radius 1 is 1.38 bits per heavy atom. The summed E-state index contributed by atoms with van der Waals surface area (Å²) in [5, 5.41) is 10.5. The van der Waals surface area contributed by atoms with Crippen molar-refractivity contribution in [3.8, 4) is 17.3 Å². The fourth-order valence-electron chi connectivity index (χ4n) is 3.10. The minimum Gasteiger partial charge on any atom is -0.346 e. The lowest BCUT2D eigenvalue weighted by Gasteiger charge is -2.30. The molecule has 1 N–H and O–H groups in total. The second kappa shape index (κ2) is 5.36. The smallest absolute Gasteiger partial charge is 0.141 e. The van der Waals surface area contributed by atoms with Crippen molar-refractivity contribution in [2.75, 3.05) is 0 Å². The Labute approximate surface area is 143 Å². The normalized spacial score (nSPS) is 22.8. The van der Waals surface area contributed by atoms with Gasteiger partial charge in [0.05, 0.1) is 16.6 Å². The van der Waals surface area contributed by atoms with Gasteiger partial charge in [-0.1, -0.05) is 24.3 Å². The minimum absolute atomic E-state index is 0.142. The van der Waals surface area contributed by atoms with Crippen molar-refractivity contribution in [3.05, 3.63) is 60.9 Å². The summed E-state index contributed by atoms with van der Waals surface area (Å²) in [6.07, 6.45) is 13.1. The zero-order chi connectivity index (χ0) is 16.7. The van der Waals surface area contributed by atoms with Gasteiger partial charge in [-0.15, -0.1) is 11.6 Å². The maximum atomic E-state index is 9.56. The maximum Gasteiger partial charge on any atom is 0.141 e. The molecular formula is C18H14ClN5.